The average molecular weight is 359 g/mol. The van der Waals surface area contributed by atoms with Gasteiger partial charge in [-0.1, -0.05) is 19.1 Å². The second-order valence-electron chi connectivity index (χ2n) is 6.95. The first-order valence-corrected chi connectivity index (χ1v) is 9.67. The third-order valence-electron chi connectivity index (χ3n) is 5.23. The smallest absolute Gasteiger partial charge is 0.239 e. The predicted molar refractivity (Wildman–Crippen MR) is 101 cm³/mol. The molecular weight excluding hydrogens is 330 g/mol. The number of hydrogen-bond acceptors (Lipinski definition) is 4. The zero-order chi connectivity index (χ0) is 18.4. The summed E-state index contributed by atoms with van der Waals surface area (Å²) < 4.78 is 5.33. The van der Waals surface area contributed by atoms with Gasteiger partial charge in [0.2, 0.25) is 11.8 Å². The molecule has 1 aromatic rings. The van der Waals surface area contributed by atoms with Crippen LogP contribution in [0.4, 0.5) is 5.69 Å². The lowest BCUT2D eigenvalue weighted by Gasteiger charge is -2.26. The highest BCUT2D eigenvalue weighted by Crippen LogP contribution is 2.25. The molecule has 142 valence electrons. The molecule has 0 spiro atoms. The number of carbonyl (C=O) groups excluding carboxylic acids is 2. The normalized spacial score (nSPS) is 21.2. The van der Waals surface area contributed by atoms with Crippen LogP contribution in [-0.4, -0.2) is 62.7 Å². The highest BCUT2D eigenvalue weighted by molar-refractivity contribution is 6.09. The number of benzene rings is 1. The monoisotopic (exact) mass is 359 g/mol. The van der Waals surface area contributed by atoms with E-state index in [2.05, 4.69) is 17.1 Å². The standard InChI is InChI=1S/C20H29N3O3/c1-2-16-4-6-17(7-5-16)23-11-8-18(20(23)25)19(24)21-9-3-10-22-12-14-26-15-13-22/h4-7,18H,2-3,8-15H2,1H3,(H,21,24)/t18-/m1/s1. The van der Waals surface area contributed by atoms with Crippen LogP contribution in [0.5, 0.6) is 0 Å². The van der Waals surface area contributed by atoms with Crippen LogP contribution in [0.1, 0.15) is 25.3 Å². The molecule has 0 saturated carbocycles. The summed E-state index contributed by atoms with van der Waals surface area (Å²) in [6, 6.07) is 8.03. The third kappa shape index (κ3) is 4.62. The van der Waals surface area contributed by atoms with E-state index in [0.717, 1.165) is 51.4 Å². The van der Waals surface area contributed by atoms with Crippen LogP contribution in [0.2, 0.25) is 0 Å². The molecule has 6 heteroatoms. The Morgan fingerprint density at radius 2 is 1.92 bits per heavy atom. The van der Waals surface area contributed by atoms with E-state index in [0.29, 0.717) is 19.5 Å². The van der Waals surface area contributed by atoms with Gasteiger partial charge in [0, 0.05) is 31.9 Å². The Kier molecular flexibility index (Phi) is 6.63. The number of ether oxygens (including phenoxy) is 1. The molecule has 6 nitrogen and oxygen atoms in total. The molecular formula is C20H29N3O3. The lowest BCUT2D eigenvalue weighted by Crippen LogP contribution is -2.40. The van der Waals surface area contributed by atoms with Crippen LogP contribution in [-0.2, 0) is 20.7 Å². The number of morpholine rings is 1. The maximum Gasteiger partial charge on any atom is 0.239 e. The SMILES string of the molecule is CCc1ccc(N2CC[C@H](C(=O)NCCCN3CCOCC3)C2=O)cc1. The summed E-state index contributed by atoms with van der Waals surface area (Å²) in [4.78, 5) is 29.1. The molecule has 3 rings (SSSR count). The maximum absolute atomic E-state index is 12.6. The van der Waals surface area contributed by atoms with Crippen LogP contribution in [0, 0.1) is 5.92 Å². The van der Waals surface area contributed by atoms with E-state index in [-0.39, 0.29) is 11.8 Å². The van der Waals surface area contributed by atoms with Crippen molar-refractivity contribution in [2.75, 3.05) is 50.8 Å². The van der Waals surface area contributed by atoms with Crippen molar-refractivity contribution in [3.63, 3.8) is 0 Å². The summed E-state index contributed by atoms with van der Waals surface area (Å²) in [5.74, 6) is -0.770. The number of nitrogens with zero attached hydrogens (tertiary/aromatic N) is 2. The van der Waals surface area contributed by atoms with E-state index in [4.69, 9.17) is 4.74 Å². The molecule has 0 aliphatic carbocycles. The van der Waals surface area contributed by atoms with Gasteiger partial charge in [-0.3, -0.25) is 14.5 Å². The Balaban J connectivity index is 1.43. The molecule has 2 fully saturated rings. The summed E-state index contributed by atoms with van der Waals surface area (Å²) in [6.07, 6.45) is 2.46. The summed E-state index contributed by atoms with van der Waals surface area (Å²) >= 11 is 0. The molecule has 1 N–H and O–H groups in total. The van der Waals surface area contributed by atoms with Crippen molar-refractivity contribution in [1.29, 1.82) is 0 Å². The summed E-state index contributed by atoms with van der Waals surface area (Å²) in [6.45, 7) is 7.78. The fourth-order valence-electron chi connectivity index (χ4n) is 3.55. The first-order chi connectivity index (χ1) is 12.7. The van der Waals surface area contributed by atoms with Gasteiger partial charge in [-0.25, -0.2) is 0 Å². The number of anilines is 1. The largest absolute Gasteiger partial charge is 0.379 e. The van der Waals surface area contributed by atoms with Crippen LogP contribution in [0.15, 0.2) is 24.3 Å². The summed E-state index contributed by atoms with van der Waals surface area (Å²) in [5, 5.41) is 2.94. The van der Waals surface area contributed by atoms with Crippen LogP contribution >= 0.6 is 0 Å². The molecule has 2 heterocycles. The quantitative estimate of drug-likeness (QED) is 0.591. The molecule has 0 radical (unpaired) electrons. The fourth-order valence-corrected chi connectivity index (χ4v) is 3.55. The summed E-state index contributed by atoms with van der Waals surface area (Å²) in [5.41, 5.74) is 2.13. The van der Waals surface area contributed by atoms with Gasteiger partial charge < -0.3 is 15.0 Å². The Morgan fingerprint density at radius 3 is 2.62 bits per heavy atom. The molecule has 1 aromatic carbocycles. The molecule has 1 atom stereocenters. The number of aryl methyl sites for hydroxylation is 1. The van der Waals surface area contributed by atoms with Crippen LogP contribution in [0.3, 0.4) is 0 Å². The minimum Gasteiger partial charge on any atom is -0.379 e. The highest BCUT2D eigenvalue weighted by Gasteiger charge is 2.37. The topological polar surface area (TPSA) is 61.9 Å². The van der Waals surface area contributed by atoms with E-state index in [1.54, 1.807) is 4.90 Å². The van der Waals surface area contributed by atoms with Gasteiger partial charge in [-0.15, -0.1) is 0 Å². The van der Waals surface area contributed by atoms with Crippen molar-refractivity contribution < 1.29 is 14.3 Å². The first-order valence-electron chi connectivity index (χ1n) is 9.67. The number of hydrogen-bond donors (Lipinski definition) is 1. The molecule has 26 heavy (non-hydrogen) atoms. The zero-order valence-corrected chi connectivity index (χ0v) is 15.6. The van der Waals surface area contributed by atoms with E-state index in [1.165, 1.54) is 5.56 Å². The van der Waals surface area contributed by atoms with Crippen molar-refractivity contribution >= 4 is 17.5 Å². The van der Waals surface area contributed by atoms with Crippen molar-refractivity contribution in [2.24, 2.45) is 5.92 Å². The van der Waals surface area contributed by atoms with Crippen molar-refractivity contribution in [3.8, 4) is 0 Å². The van der Waals surface area contributed by atoms with Gasteiger partial charge in [0.15, 0.2) is 0 Å². The third-order valence-corrected chi connectivity index (χ3v) is 5.23. The van der Waals surface area contributed by atoms with Gasteiger partial charge >= 0.3 is 0 Å². The Morgan fingerprint density at radius 1 is 1.19 bits per heavy atom. The minimum atomic E-state index is -0.552. The number of rotatable bonds is 7. The minimum absolute atomic E-state index is 0.0834. The Hall–Kier alpha value is -1.92. The predicted octanol–water partition coefficient (Wildman–Crippen LogP) is 1.44. The molecule has 2 saturated heterocycles. The Bertz CT molecular complexity index is 611. The van der Waals surface area contributed by atoms with Crippen molar-refractivity contribution in [3.05, 3.63) is 29.8 Å². The molecule has 0 aromatic heterocycles. The molecule has 0 unspecified atom stereocenters. The number of carbonyl (C=O) groups is 2. The molecule has 2 aliphatic rings. The fraction of sp³-hybridized carbons (Fsp3) is 0.600. The van der Waals surface area contributed by atoms with Gasteiger partial charge in [-0.05, 0) is 43.5 Å². The van der Waals surface area contributed by atoms with Crippen LogP contribution in [0.25, 0.3) is 0 Å². The molecule has 0 bridgehead atoms. The summed E-state index contributed by atoms with van der Waals surface area (Å²) in [7, 11) is 0. The van der Waals surface area contributed by atoms with Crippen LogP contribution < -0.4 is 10.2 Å². The Labute approximate surface area is 155 Å². The zero-order valence-electron chi connectivity index (χ0n) is 15.6. The average Bonchev–Trinajstić information content (AvgIpc) is 3.07. The first kappa shape index (κ1) is 18.9. The lowest BCUT2D eigenvalue weighted by molar-refractivity contribution is -0.132. The van der Waals surface area contributed by atoms with Crippen molar-refractivity contribution in [1.82, 2.24) is 10.2 Å². The maximum atomic E-state index is 12.6. The lowest BCUT2D eigenvalue weighted by atomic mass is 10.1. The second-order valence-corrected chi connectivity index (χ2v) is 6.95. The van der Waals surface area contributed by atoms with E-state index in [1.807, 2.05) is 24.3 Å². The highest BCUT2D eigenvalue weighted by atomic mass is 16.5. The van der Waals surface area contributed by atoms with E-state index in [9.17, 15) is 9.59 Å². The number of amides is 2. The molecule has 2 aliphatic heterocycles. The van der Waals surface area contributed by atoms with Crippen molar-refractivity contribution in [2.45, 2.75) is 26.2 Å². The van der Waals surface area contributed by atoms with Gasteiger partial charge in [0.1, 0.15) is 5.92 Å². The second kappa shape index (κ2) is 9.14. The van der Waals surface area contributed by atoms with Gasteiger partial charge in [0.25, 0.3) is 0 Å². The molecule has 2 amide bonds. The van der Waals surface area contributed by atoms with Gasteiger partial charge in [-0.2, -0.15) is 0 Å². The van der Waals surface area contributed by atoms with Gasteiger partial charge in [0.05, 0.1) is 13.2 Å². The van der Waals surface area contributed by atoms with E-state index >= 15 is 0 Å². The number of nitrogens with one attached hydrogen (secondary N) is 1. The van der Waals surface area contributed by atoms with E-state index < -0.39 is 5.92 Å².